The standard InChI is InChI=1S/C9H8N2O4/c1-4-5(9(13)14)6-7(15-4)10-3-11(2)8(6)12/h3H,1-2H3,(H,13,14). The molecule has 0 unspecified atom stereocenters. The first-order valence-electron chi connectivity index (χ1n) is 4.20. The lowest BCUT2D eigenvalue weighted by atomic mass is 10.2. The Labute approximate surface area is 83.8 Å². The highest BCUT2D eigenvalue weighted by atomic mass is 16.4. The molecule has 15 heavy (non-hydrogen) atoms. The van der Waals surface area contributed by atoms with Crippen LogP contribution in [-0.4, -0.2) is 20.6 Å². The highest BCUT2D eigenvalue weighted by Crippen LogP contribution is 2.20. The molecule has 0 aliphatic carbocycles. The van der Waals surface area contributed by atoms with Gasteiger partial charge in [0.2, 0.25) is 5.71 Å². The van der Waals surface area contributed by atoms with E-state index in [1.807, 2.05) is 0 Å². The van der Waals surface area contributed by atoms with Gasteiger partial charge in [-0.25, -0.2) is 9.78 Å². The summed E-state index contributed by atoms with van der Waals surface area (Å²) in [6, 6.07) is 0. The normalized spacial score (nSPS) is 10.8. The van der Waals surface area contributed by atoms with E-state index in [0.29, 0.717) is 0 Å². The average Bonchev–Trinajstić information content (AvgIpc) is 2.49. The molecule has 0 aliphatic rings. The third-order valence-electron chi connectivity index (χ3n) is 2.16. The zero-order chi connectivity index (χ0) is 11.2. The second-order valence-corrected chi connectivity index (χ2v) is 3.18. The highest BCUT2D eigenvalue weighted by Gasteiger charge is 2.21. The zero-order valence-electron chi connectivity index (χ0n) is 8.14. The molecule has 2 heterocycles. The Bertz CT molecular complexity index is 608. The molecule has 0 aliphatic heterocycles. The zero-order valence-corrected chi connectivity index (χ0v) is 8.14. The third kappa shape index (κ3) is 1.22. The molecule has 0 saturated carbocycles. The molecule has 0 amide bonds. The van der Waals surface area contributed by atoms with Gasteiger partial charge in [0.1, 0.15) is 23.0 Å². The summed E-state index contributed by atoms with van der Waals surface area (Å²) >= 11 is 0. The van der Waals surface area contributed by atoms with Gasteiger partial charge in [-0.1, -0.05) is 0 Å². The molecule has 0 aromatic carbocycles. The summed E-state index contributed by atoms with van der Waals surface area (Å²) in [7, 11) is 1.50. The fraction of sp³-hybridized carbons (Fsp3) is 0.222. The molecule has 6 nitrogen and oxygen atoms in total. The maximum atomic E-state index is 11.7. The predicted molar refractivity (Wildman–Crippen MR) is 50.9 cm³/mol. The topological polar surface area (TPSA) is 85.3 Å². The molecule has 78 valence electrons. The molecule has 1 N–H and O–H groups in total. The number of furan rings is 1. The first-order chi connectivity index (χ1) is 7.02. The lowest BCUT2D eigenvalue weighted by Gasteiger charge is -1.94. The minimum Gasteiger partial charge on any atom is -0.478 e. The van der Waals surface area contributed by atoms with E-state index in [1.54, 1.807) is 0 Å². The van der Waals surface area contributed by atoms with Crippen LogP contribution in [-0.2, 0) is 7.05 Å². The van der Waals surface area contributed by atoms with Gasteiger partial charge in [0.05, 0.1) is 0 Å². The van der Waals surface area contributed by atoms with Gasteiger partial charge in [-0.2, -0.15) is 0 Å². The maximum absolute atomic E-state index is 11.7. The minimum atomic E-state index is -1.18. The molecular formula is C9H8N2O4. The van der Waals surface area contributed by atoms with Crippen LogP contribution in [0.3, 0.4) is 0 Å². The van der Waals surface area contributed by atoms with E-state index in [-0.39, 0.29) is 22.4 Å². The van der Waals surface area contributed by atoms with Crippen LogP contribution in [0.2, 0.25) is 0 Å². The summed E-state index contributed by atoms with van der Waals surface area (Å²) in [4.78, 5) is 26.4. The summed E-state index contributed by atoms with van der Waals surface area (Å²) in [5, 5.41) is 8.95. The number of hydrogen-bond donors (Lipinski definition) is 1. The molecule has 0 spiro atoms. The average molecular weight is 208 g/mol. The maximum Gasteiger partial charge on any atom is 0.340 e. The number of carboxylic acids is 1. The molecule has 0 atom stereocenters. The number of carboxylic acid groups (broad SMARTS) is 1. The van der Waals surface area contributed by atoms with Crippen LogP contribution in [0.1, 0.15) is 16.1 Å². The van der Waals surface area contributed by atoms with E-state index in [9.17, 15) is 9.59 Å². The van der Waals surface area contributed by atoms with Crippen molar-refractivity contribution in [3.8, 4) is 0 Å². The van der Waals surface area contributed by atoms with Gasteiger partial charge in [0.15, 0.2) is 0 Å². The highest BCUT2D eigenvalue weighted by molar-refractivity contribution is 6.02. The van der Waals surface area contributed by atoms with Crippen LogP contribution in [0.15, 0.2) is 15.5 Å². The van der Waals surface area contributed by atoms with E-state index >= 15 is 0 Å². The fourth-order valence-electron chi connectivity index (χ4n) is 1.44. The number of rotatable bonds is 1. The molecule has 0 bridgehead atoms. The molecule has 2 rings (SSSR count). The number of fused-ring (bicyclic) bond motifs is 1. The number of nitrogens with zero attached hydrogens (tertiary/aromatic N) is 2. The smallest absolute Gasteiger partial charge is 0.340 e. The Hall–Kier alpha value is -2.11. The van der Waals surface area contributed by atoms with Crippen molar-refractivity contribution in [2.45, 2.75) is 6.92 Å². The van der Waals surface area contributed by atoms with Gasteiger partial charge in [-0.15, -0.1) is 0 Å². The molecule has 0 saturated heterocycles. The Morgan fingerprint density at radius 1 is 1.60 bits per heavy atom. The van der Waals surface area contributed by atoms with Crippen LogP contribution in [0, 0.1) is 6.92 Å². The summed E-state index contributed by atoms with van der Waals surface area (Å²) in [6.45, 7) is 1.49. The third-order valence-corrected chi connectivity index (χ3v) is 2.16. The Morgan fingerprint density at radius 3 is 2.87 bits per heavy atom. The lowest BCUT2D eigenvalue weighted by molar-refractivity contribution is 0.0697. The second-order valence-electron chi connectivity index (χ2n) is 3.18. The van der Waals surface area contributed by atoms with Crippen molar-refractivity contribution in [2.24, 2.45) is 7.05 Å². The van der Waals surface area contributed by atoms with Crippen molar-refractivity contribution in [1.82, 2.24) is 9.55 Å². The molecule has 2 aromatic heterocycles. The van der Waals surface area contributed by atoms with Crippen LogP contribution in [0.4, 0.5) is 0 Å². The number of aromatic carboxylic acids is 1. The van der Waals surface area contributed by atoms with E-state index < -0.39 is 11.5 Å². The van der Waals surface area contributed by atoms with Crippen LogP contribution in [0.5, 0.6) is 0 Å². The first kappa shape index (κ1) is 9.45. The van der Waals surface area contributed by atoms with Gasteiger partial charge in [0.25, 0.3) is 5.56 Å². The fourth-order valence-corrected chi connectivity index (χ4v) is 1.44. The largest absolute Gasteiger partial charge is 0.478 e. The predicted octanol–water partition coefficient (Wildman–Crippen LogP) is 0.533. The SMILES string of the molecule is Cc1oc2ncn(C)c(=O)c2c1C(=O)O. The van der Waals surface area contributed by atoms with Crippen molar-refractivity contribution >= 4 is 17.1 Å². The van der Waals surface area contributed by atoms with Gasteiger partial charge in [-0.05, 0) is 6.92 Å². The van der Waals surface area contributed by atoms with Crippen molar-refractivity contribution < 1.29 is 14.3 Å². The van der Waals surface area contributed by atoms with Crippen molar-refractivity contribution in [3.63, 3.8) is 0 Å². The number of hydrogen-bond acceptors (Lipinski definition) is 4. The van der Waals surface area contributed by atoms with E-state index in [4.69, 9.17) is 9.52 Å². The van der Waals surface area contributed by atoms with Crippen LogP contribution >= 0.6 is 0 Å². The van der Waals surface area contributed by atoms with Crippen molar-refractivity contribution in [3.05, 3.63) is 28.0 Å². The molecular weight excluding hydrogens is 200 g/mol. The van der Waals surface area contributed by atoms with E-state index in [1.165, 1.54) is 24.9 Å². The first-order valence-corrected chi connectivity index (χ1v) is 4.20. The molecule has 6 heteroatoms. The van der Waals surface area contributed by atoms with Gasteiger partial charge < -0.3 is 14.1 Å². The van der Waals surface area contributed by atoms with E-state index in [2.05, 4.69) is 4.98 Å². The number of aryl methyl sites for hydroxylation is 2. The number of aromatic nitrogens is 2. The van der Waals surface area contributed by atoms with Crippen molar-refractivity contribution in [1.29, 1.82) is 0 Å². The summed E-state index contributed by atoms with van der Waals surface area (Å²) < 4.78 is 6.30. The van der Waals surface area contributed by atoms with Gasteiger partial charge in [-0.3, -0.25) is 4.79 Å². The van der Waals surface area contributed by atoms with Crippen LogP contribution < -0.4 is 5.56 Å². The number of carbonyl (C=O) groups is 1. The summed E-state index contributed by atoms with van der Waals surface area (Å²) in [5.74, 6) is -0.996. The van der Waals surface area contributed by atoms with Crippen molar-refractivity contribution in [2.75, 3.05) is 0 Å². The molecule has 2 aromatic rings. The van der Waals surface area contributed by atoms with E-state index in [0.717, 1.165) is 0 Å². The lowest BCUT2D eigenvalue weighted by Crippen LogP contribution is -2.18. The Kier molecular flexibility index (Phi) is 1.85. The van der Waals surface area contributed by atoms with Crippen LogP contribution in [0.25, 0.3) is 11.1 Å². The minimum absolute atomic E-state index is 0.0185. The summed E-state index contributed by atoms with van der Waals surface area (Å²) in [5.41, 5.74) is -0.471. The molecule has 0 radical (unpaired) electrons. The quantitative estimate of drug-likeness (QED) is 0.738. The molecule has 0 fully saturated rings. The van der Waals surface area contributed by atoms with Gasteiger partial charge in [0, 0.05) is 7.05 Å². The Morgan fingerprint density at radius 2 is 2.27 bits per heavy atom. The Balaban J connectivity index is 3.03. The van der Waals surface area contributed by atoms with Gasteiger partial charge >= 0.3 is 5.97 Å². The summed E-state index contributed by atoms with van der Waals surface area (Å²) in [6.07, 6.45) is 1.29. The second kappa shape index (κ2) is 2.94. The monoisotopic (exact) mass is 208 g/mol.